The molecule has 0 unspecified atom stereocenters. The molecular formula is C17H15N5O5. The third-order valence-electron chi connectivity index (χ3n) is 3.90. The number of nitrogens with two attached hydrogens (primary N) is 1. The van der Waals surface area contributed by atoms with Crippen LogP contribution in [0, 0.1) is 17.0 Å². The molecule has 0 aliphatic rings. The van der Waals surface area contributed by atoms with E-state index in [0.717, 1.165) is 0 Å². The average molecular weight is 369 g/mol. The van der Waals surface area contributed by atoms with Crippen molar-refractivity contribution in [2.75, 3.05) is 12.3 Å². The molecule has 0 saturated heterocycles. The predicted molar refractivity (Wildman–Crippen MR) is 97.4 cm³/mol. The number of aryl methyl sites for hydroxylation is 1. The highest BCUT2D eigenvalue weighted by Crippen LogP contribution is 2.36. The number of anilines is 1. The number of nitro groups is 1. The van der Waals surface area contributed by atoms with Crippen LogP contribution >= 0.6 is 0 Å². The Kier molecular flexibility index (Phi) is 4.55. The van der Waals surface area contributed by atoms with Gasteiger partial charge in [0.1, 0.15) is 0 Å². The van der Waals surface area contributed by atoms with Gasteiger partial charge >= 0.3 is 5.97 Å². The Morgan fingerprint density at radius 3 is 2.70 bits per heavy atom. The number of nitrogens with zero attached hydrogens (tertiary/aromatic N) is 3. The third-order valence-corrected chi connectivity index (χ3v) is 3.90. The number of fused-ring (bicyclic) bond motifs is 1. The second kappa shape index (κ2) is 6.83. The van der Waals surface area contributed by atoms with Crippen LogP contribution in [0.2, 0.25) is 0 Å². The molecule has 0 aliphatic heterocycles. The number of aromatic nitrogens is 3. The number of nitrogens with one attached hydrogen (secondary N) is 1. The fourth-order valence-electron chi connectivity index (χ4n) is 2.87. The van der Waals surface area contributed by atoms with Crippen molar-refractivity contribution in [3.8, 4) is 11.1 Å². The molecule has 0 bridgehead atoms. The minimum absolute atomic E-state index is 0.0186. The normalized spacial score (nSPS) is 10.7. The number of benzene rings is 1. The lowest BCUT2D eigenvalue weighted by atomic mass is 9.94. The first-order valence-corrected chi connectivity index (χ1v) is 7.96. The lowest BCUT2D eigenvalue weighted by Crippen LogP contribution is -2.18. The minimum Gasteiger partial charge on any atom is -0.462 e. The highest BCUT2D eigenvalue weighted by atomic mass is 16.6. The van der Waals surface area contributed by atoms with E-state index >= 15 is 0 Å². The van der Waals surface area contributed by atoms with E-state index in [2.05, 4.69) is 15.0 Å². The first kappa shape index (κ1) is 18.0. The summed E-state index contributed by atoms with van der Waals surface area (Å²) in [6.07, 6.45) is 0. The Hall–Kier alpha value is -3.82. The van der Waals surface area contributed by atoms with Crippen LogP contribution in [0.3, 0.4) is 0 Å². The molecule has 1 aromatic carbocycles. The molecule has 0 radical (unpaired) electrons. The summed E-state index contributed by atoms with van der Waals surface area (Å²) in [5.41, 5.74) is 4.93. The maximum Gasteiger partial charge on any atom is 0.340 e. The maximum absolute atomic E-state index is 12.6. The van der Waals surface area contributed by atoms with E-state index in [9.17, 15) is 19.7 Å². The van der Waals surface area contributed by atoms with Crippen molar-refractivity contribution < 1.29 is 14.5 Å². The number of hydrogen-bond acceptors (Lipinski definition) is 8. The average Bonchev–Trinajstić information content (AvgIpc) is 2.60. The topological polar surface area (TPSA) is 154 Å². The van der Waals surface area contributed by atoms with E-state index in [4.69, 9.17) is 10.5 Å². The number of ether oxygens (including phenoxy) is 1. The Morgan fingerprint density at radius 2 is 2.04 bits per heavy atom. The first-order valence-electron chi connectivity index (χ1n) is 7.96. The van der Waals surface area contributed by atoms with Crippen LogP contribution in [-0.2, 0) is 4.74 Å². The van der Waals surface area contributed by atoms with Gasteiger partial charge in [0.2, 0.25) is 5.95 Å². The van der Waals surface area contributed by atoms with E-state index in [1.165, 1.54) is 25.1 Å². The zero-order valence-corrected chi connectivity index (χ0v) is 14.5. The first-order chi connectivity index (χ1) is 12.8. The molecule has 3 N–H and O–H groups in total. The van der Waals surface area contributed by atoms with E-state index in [1.807, 2.05) is 0 Å². The van der Waals surface area contributed by atoms with Gasteiger partial charge in [-0.2, -0.15) is 4.98 Å². The van der Waals surface area contributed by atoms with E-state index in [0.29, 0.717) is 0 Å². The summed E-state index contributed by atoms with van der Waals surface area (Å²) in [6, 6.07) is 5.79. The van der Waals surface area contributed by atoms with Crippen LogP contribution in [0.25, 0.3) is 22.2 Å². The number of H-pyrrole nitrogens is 1. The Morgan fingerprint density at radius 1 is 1.33 bits per heavy atom. The number of hydrogen-bond donors (Lipinski definition) is 2. The quantitative estimate of drug-likeness (QED) is 0.402. The van der Waals surface area contributed by atoms with Crippen LogP contribution in [0.4, 0.5) is 11.6 Å². The number of nitro benzene ring substituents is 1. The number of aromatic amines is 1. The summed E-state index contributed by atoms with van der Waals surface area (Å²) in [4.78, 5) is 46.6. The van der Waals surface area contributed by atoms with E-state index < -0.39 is 16.5 Å². The molecule has 3 aromatic rings. The van der Waals surface area contributed by atoms with Crippen LogP contribution in [0.1, 0.15) is 23.0 Å². The summed E-state index contributed by atoms with van der Waals surface area (Å²) in [6.45, 7) is 3.24. The molecule has 10 heteroatoms. The number of nitrogen functional groups attached to an aromatic ring is 1. The number of pyridine rings is 1. The van der Waals surface area contributed by atoms with Gasteiger partial charge in [-0.25, -0.2) is 9.78 Å². The number of carbonyl (C=O) groups is 1. The minimum atomic E-state index is -0.742. The third kappa shape index (κ3) is 3.08. The van der Waals surface area contributed by atoms with Crippen LogP contribution < -0.4 is 11.3 Å². The van der Waals surface area contributed by atoms with Gasteiger partial charge in [-0.05, 0) is 19.9 Å². The van der Waals surface area contributed by atoms with Gasteiger partial charge in [-0.15, -0.1) is 0 Å². The second-order valence-electron chi connectivity index (χ2n) is 5.59. The van der Waals surface area contributed by atoms with Gasteiger partial charge in [0, 0.05) is 11.6 Å². The van der Waals surface area contributed by atoms with Gasteiger partial charge in [0.05, 0.1) is 33.7 Å². The lowest BCUT2D eigenvalue weighted by Gasteiger charge is -2.14. The van der Waals surface area contributed by atoms with Crippen LogP contribution in [0.5, 0.6) is 0 Å². The highest BCUT2D eigenvalue weighted by Gasteiger charge is 2.28. The molecule has 0 aliphatic carbocycles. The van der Waals surface area contributed by atoms with Gasteiger partial charge in [0.15, 0.2) is 5.65 Å². The SMILES string of the molecule is CCOC(=O)c1c(C)nc2nc(N)[nH]c(=O)c2c1-c1ccccc1[N+](=O)[O-]. The van der Waals surface area contributed by atoms with Crippen molar-refractivity contribution in [1.82, 2.24) is 15.0 Å². The molecule has 138 valence electrons. The molecule has 2 aromatic heterocycles. The fraction of sp³-hybridized carbons (Fsp3) is 0.176. The summed E-state index contributed by atoms with van der Waals surface area (Å²) in [5.74, 6) is -0.898. The summed E-state index contributed by atoms with van der Waals surface area (Å²) >= 11 is 0. The lowest BCUT2D eigenvalue weighted by molar-refractivity contribution is -0.384. The molecule has 2 heterocycles. The van der Waals surface area contributed by atoms with Crippen molar-refractivity contribution in [3.05, 3.63) is 56.0 Å². The van der Waals surface area contributed by atoms with Gasteiger partial charge < -0.3 is 10.5 Å². The van der Waals surface area contributed by atoms with E-state index in [-0.39, 0.29) is 51.7 Å². The summed E-state index contributed by atoms with van der Waals surface area (Å²) in [7, 11) is 0. The molecule has 0 atom stereocenters. The standard InChI is InChI=1S/C17H15N5O5/c1-3-27-16(24)11-8(2)19-14-13(15(23)21-17(18)20-14)12(11)9-6-4-5-7-10(9)22(25)26/h4-7H,3H2,1-2H3,(H3,18,19,20,21,23). The Balaban J connectivity index is 2.55. The van der Waals surface area contributed by atoms with Crippen molar-refractivity contribution >= 4 is 28.6 Å². The molecule has 0 fully saturated rings. The summed E-state index contributed by atoms with van der Waals surface area (Å²) in [5, 5.41) is 11.4. The number of rotatable bonds is 4. The maximum atomic E-state index is 12.6. The molecular weight excluding hydrogens is 354 g/mol. The largest absolute Gasteiger partial charge is 0.462 e. The number of esters is 1. The molecule has 27 heavy (non-hydrogen) atoms. The van der Waals surface area contributed by atoms with Crippen molar-refractivity contribution in [2.45, 2.75) is 13.8 Å². The van der Waals surface area contributed by atoms with Crippen LogP contribution in [-0.4, -0.2) is 32.5 Å². The summed E-state index contributed by atoms with van der Waals surface area (Å²) < 4.78 is 5.08. The number of carbonyl (C=O) groups excluding carboxylic acids is 1. The van der Waals surface area contributed by atoms with Gasteiger partial charge in [0.25, 0.3) is 11.2 Å². The monoisotopic (exact) mass is 369 g/mol. The highest BCUT2D eigenvalue weighted by molar-refractivity contribution is 6.08. The van der Waals surface area contributed by atoms with Gasteiger partial charge in [-0.3, -0.25) is 19.9 Å². The van der Waals surface area contributed by atoms with Gasteiger partial charge in [-0.1, -0.05) is 12.1 Å². The Bertz CT molecular complexity index is 1140. The van der Waals surface area contributed by atoms with Crippen LogP contribution in [0.15, 0.2) is 29.1 Å². The zero-order chi connectivity index (χ0) is 19.7. The molecule has 3 rings (SSSR count). The van der Waals surface area contributed by atoms with Crippen molar-refractivity contribution in [2.24, 2.45) is 0 Å². The molecule has 0 spiro atoms. The van der Waals surface area contributed by atoms with Crippen molar-refractivity contribution in [1.29, 1.82) is 0 Å². The Labute approximate surface area is 152 Å². The molecule has 0 saturated carbocycles. The fourth-order valence-corrected chi connectivity index (χ4v) is 2.87. The van der Waals surface area contributed by atoms with E-state index in [1.54, 1.807) is 13.0 Å². The second-order valence-corrected chi connectivity index (χ2v) is 5.59. The predicted octanol–water partition coefficient (Wildman–Crippen LogP) is 1.96. The zero-order valence-electron chi connectivity index (χ0n) is 14.5. The van der Waals surface area contributed by atoms with Crippen molar-refractivity contribution in [3.63, 3.8) is 0 Å². The number of para-hydroxylation sites is 1. The molecule has 10 nitrogen and oxygen atoms in total. The smallest absolute Gasteiger partial charge is 0.340 e. The molecule has 0 amide bonds.